The summed E-state index contributed by atoms with van der Waals surface area (Å²) in [5.41, 5.74) is 0.150. The van der Waals surface area contributed by atoms with E-state index in [9.17, 15) is 9.90 Å². The zero-order chi connectivity index (χ0) is 15.7. The number of methoxy groups -OCH3 is 2. The molecule has 0 unspecified atom stereocenters. The van der Waals surface area contributed by atoms with Crippen LogP contribution in [-0.4, -0.2) is 23.9 Å². The van der Waals surface area contributed by atoms with Crippen molar-refractivity contribution in [2.45, 2.75) is 0 Å². The van der Waals surface area contributed by atoms with Crippen LogP contribution in [0.25, 0.3) is 16.5 Å². The molecule has 1 aromatic heterocycles. The molecule has 1 heterocycles. The van der Waals surface area contributed by atoms with Crippen molar-refractivity contribution in [2.24, 2.45) is 0 Å². The van der Waals surface area contributed by atoms with E-state index in [0.717, 1.165) is 0 Å². The number of hydrogen-bond donors (Lipinski definition) is 1. The number of aromatic nitrogens is 1. The summed E-state index contributed by atoms with van der Waals surface area (Å²) in [4.78, 5) is 12.4. The predicted molar refractivity (Wildman–Crippen MR) is 84.3 cm³/mol. The maximum atomic E-state index is 12.4. The zero-order valence-corrected chi connectivity index (χ0v) is 12.2. The quantitative estimate of drug-likeness (QED) is 0.807. The Morgan fingerprint density at radius 3 is 2.50 bits per heavy atom. The van der Waals surface area contributed by atoms with Gasteiger partial charge in [-0.25, -0.2) is 4.57 Å². The van der Waals surface area contributed by atoms with Gasteiger partial charge >= 0.3 is 0 Å². The van der Waals surface area contributed by atoms with Crippen LogP contribution in [0, 0.1) is 0 Å². The Morgan fingerprint density at radius 1 is 1.00 bits per heavy atom. The van der Waals surface area contributed by atoms with Crippen LogP contribution in [0.1, 0.15) is 0 Å². The van der Waals surface area contributed by atoms with E-state index in [0.29, 0.717) is 28.0 Å². The van der Waals surface area contributed by atoms with Gasteiger partial charge in [0.05, 0.1) is 19.9 Å². The minimum absolute atomic E-state index is 0.147. The molecule has 3 rings (SSSR count). The van der Waals surface area contributed by atoms with Crippen molar-refractivity contribution in [1.82, 2.24) is 4.57 Å². The number of para-hydroxylation sites is 2. The molecule has 1 N–H and O–H groups in total. The second-order valence-corrected chi connectivity index (χ2v) is 4.77. The van der Waals surface area contributed by atoms with Crippen LogP contribution in [-0.2, 0) is 0 Å². The molecule has 0 aliphatic heterocycles. The van der Waals surface area contributed by atoms with Gasteiger partial charge in [-0.2, -0.15) is 0 Å². The average Bonchev–Trinajstić information content (AvgIpc) is 2.55. The Bertz CT molecular complexity index is 899. The Kier molecular flexibility index (Phi) is 3.47. The average molecular weight is 297 g/mol. The number of aromatic hydroxyl groups is 1. The summed E-state index contributed by atoms with van der Waals surface area (Å²) in [5, 5.41) is 11.8. The topological polar surface area (TPSA) is 60.7 Å². The van der Waals surface area contributed by atoms with Gasteiger partial charge in [-0.1, -0.05) is 18.2 Å². The highest BCUT2D eigenvalue weighted by molar-refractivity contribution is 5.88. The molecule has 2 aromatic carbocycles. The fourth-order valence-corrected chi connectivity index (χ4v) is 2.45. The van der Waals surface area contributed by atoms with Crippen molar-refractivity contribution in [3.8, 4) is 23.1 Å². The highest BCUT2D eigenvalue weighted by Gasteiger charge is 2.14. The molecule has 0 atom stereocenters. The lowest BCUT2D eigenvalue weighted by Gasteiger charge is -2.14. The van der Waals surface area contributed by atoms with Gasteiger partial charge in [0, 0.05) is 11.5 Å². The molecule has 0 saturated heterocycles. The molecule has 0 spiro atoms. The molecule has 0 amide bonds. The van der Waals surface area contributed by atoms with E-state index in [2.05, 4.69) is 0 Å². The summed E-state index contributed by atoms with van der Waals surface area (Å²) in [6.07, 6.45) is 0. The van der Waals surface area contributed by atoms with Crippen molar-refractivity contribution in [3.05, 3.63) is 58.9 Å². The molecule has 0 saturated carbocycles. The maximum Gasteiger partial charge on any atom is 0.258 e. The maximum absolute atomic E-state index is 12.4. The molecular formula is C17H15NO4. The Balaban J connectivity index is 2.36. The molecule has 0 aliphatic carbocycles. The third-order valence-electron chi connectivity index (χ3n) is 3.54. The third kappa shape index (κ3) is 2.16. The molecule has 5 nitrogen and oxygen atoms in total. The number of ether oxygens (including phenoxy) is 2. The molecule has 0 bridgehead atoms. The van der Waals surface area contributed by atoms with Gasteiger partial charge in [0.15, 0.2) is 0 Å². The van der Waals surface area contributed by atoms with Crippen LogP contribution in [0.4, 0.5) is 0 Å². The summed E-state index contributed by atoms with van der Waals surface area (Å²) in [5.74, 6) is 0.959. The van der Waals surface area contributed by atoms with Crippen molar-refractivity contribution in [3.63, 3.8) is 0 Å². The van der Waals surface area contributed by atoms with Crippen molar-refractivity contribution in [1.29, 1.82) is 0 Å². The predicted octanol–water partition coefficient (Wildman–Crippen LogP) is 2.71. The highest BCUT2D eigenvalue weighted by atomic mass is 16.5. The molecule has 112 valence electrons. The second-order valence-electron chi connectivity index (χ2n) is 4.77. The number of benzene rings is 2. The number of hydrogen-bond acceptors (Lipinski definition) is 4. The fourth-order valence-electron chi connectivity index (χ4n) is 2.45. The first-order chi connectivity index (χ1) is 10.7. The van der Waals surface area contributed by atoms with Crippen LogP contribution in [0.15, 0.2) is 53.3 Å². The van der Waals surface area contributed by atoms with Gasteiger partial charge < -0.3 is 14.6 Å². The van der Waals surface area contributed by atoms with E-state index in [1.54, 1.807) is 49.6 Å². The van der Waals surface area contributed by atoms with Crippen LogP contribution in [0.3, 0.4) is 0 Å². The smallest absolute Gasteiger partial charge is 0.258 e. The van der Waals surface area contributed by atoms with Crippen LogP contribution in [0.5, 0.6) is 17.4 Å². The SMILES string of the molecule is COc1ccc2cc(=O)n(-c3ccccc3OC)c(O)c2c1. The Hall–Kier alpha value is -2.95. The Labute approximate surface area is 127 Å². The van der Waals surface area contributed by atoms with Gasteiger partial charge in [-0.15, -0.1) is 0 Å². The first-order valence-electron chi connectivity index (χ1n) is 6.72. The van der Waals surface area contributed by atoms with Crippen LogP contribution >= 0.6 is 0 Å². The van der Waals surface area contributed by atoms with E-state index in [1.807, 2.05) is 0 Å². The normalized spacial score (nSPS) is 10.6. The van der Waals surface area contributed by atoms with Crippen LogP contribution in [0.2, 0.25) is 0 Å². The molecule has 5 heteroatoms. The van der Waals surface area contributed by atoms with Gasteiger partial charge in [-0.05, 0) is 29.7 Å². The number of nitrogens with zero attached hydrogens (tertiary/aromatic N) is 1. The highest BCUT2D eigenvalue weighted by Crippen LogP contribution is 2.31. The number of pyridine rings is 1. The van der Waals surface area contributed by atoms with Crippen molar-refractivity contribution in [2.75, 3.05) is 14.2 Å². The summed E-state index contributed by atoms with van der Waals surface area (Å²) < 4.78 is 11.7. The summed E-state index contributed by atoms with van der Waals surface area (Å²) in [6, 6.07) is 13.7. The van der Waals surface area contributed by atoms with E-state index < -0.39 is 0 Å². The van der Waals surface area contributed by atoms with Crippen molar-refractivity contribution < 1.29 is 14.6 Å². The van der Waals surface area contributed by atoms with E-state index in [1.165, 1.54) is 17.7 Å². The van der Waals surface area contributed by atoms with Crippen molar-refractivity contribution >= 4 is 10.8 Å². The Morgan fingerprint density at radius 2 is 1.77 bits per heavy atom. The summed E-state index contributed by atoms with van der Waals surface area (Å²) >= 11 is 0. The largest absolute Gasteiger partial charge is 0.497 e. The summed E-state index contributed by atoms with van der Waals surface area (Å²) in [6.45, 7) is 0. The van der Waals surface area contributed by atoms with E-state index >= 15 is 0 Å². The zero-order valence-electron chi connectivity index (χ0n) is 12.2. The fraction of sp³-hybridized carbons (Fsp3) is 0.118. The van der Waals surface area contributed by atoms with E-state index in [-0.39, 0.29) is 11.4 Å². The minimum Gasteiger partial charge on any atom is -0.497 e. The van der Waals surface area contributed by atoms with Gasteiger partial charge in [0.1, 0.15) is 11.5 Å². The van der Waals surface area contributed by atoms with Gasteiger partial charge in [0.2, 0.25) is 5.88 Å². The lowest BCUT2D eigenvalue weighted by atomic mass is 10.1. The minimum atomic E-state index is -0.334. The van der Waals surface area contributed by atoms with E-state index in [4.69, 9.17) is 9.47 Å². The van der Waals surface area contributed by atoms with Gasteiger partial charge in [-0.3, -0.25) is 4.79 Å². The lowest BCUT2D eigenvalue weighted by Crippen LogP contribution is -2.17. The number of fused-ring (bicyclic) bond motifs is 1. The monoisotopic (exact) mass is 297 g/mol. The van der Waals surface area contributed by atoms with Crippen LogP contribution < -0.4 is 15.0 Å². The third-order valence-corrected chi connectivity index (χ3v) is 3.54. The number of rotatable bonds is 3. The molecular weight excluding hydrogens is 282 g/mol. The molecule has 0 fully saturated rings. The lowest BCUT2D eigenvalue weighted by molar-refractivity contribution is 0.404. The molecule has 0 radical (unpaired) electrons. The molecule has 0 aliphatic rings. The standard InChI is InChI=1S/C17H15NO4/c1-21-12-8-7-11-9-16(19)18(17(20)13(11)10-12)14-5-3-4-6-15(14)22-2/h3-10,20H,1-2H3. The molecule has 22 heavy (non-hydrogen) atoms. The first kappa shape index (κ1) is 14.0. The first-order valence-corrected chi connectivity index (χ1v) is 6.72. The summed E-state index contributed by atoms with van der Waals surface area (Å²) in [7, 11) is 3.07. The molecule has 3 aromatic rings. The second kappa shape index (κ2) is 5.44. The van der Waals surface area contributed by atoms with Gasteiger partial charge in [0.25, 0.3) is 5.56 Å².